The van der Waals surface area contributed by atoms with E-state index in [1.807, 2.05) is 0 Å². The quantitative estimate of drug-likeness (QED) is 0.774. The number of aryl methyl sites for hydroxylation is 1. The summed E-state index contributed by atoms with van der Waals surface area (Å²) in [6.45, 7) is 6.11. The molecule has 2 aromatic rings. The molecule has 0 unspecified atom stereocenters. The van der Waals surface area contributed by atoms with E-state index >= 15 is 0 Å². The van der Waals surface area contributed by atoms with Crippen LogP contribution in [0.15, 0.2) is 47.4 Å². The molecule has 6 nitrogen and oxygen atoms in total. The lowest BCUT2D eigenvalue weighted by molar-refractivity contribution is 0.102. The van der Waals surface area contributed by atoms with Gasteiger partial charge in [-0.3, -0.25) is 4.79 Å². The number of amides is 1. The molecule has 3 N–H and O–H groups in total. The third-order valence-electron chi connectivity index (χ3n) is 3.94. The molecule has 0 radical (unpaired) electrons. The van der Waals surface area contributed by atoms with Crippen molar-refractivity contribution in [1.82, 2.24) is 4.31 Å². The van der Waals surface area contributed by atoms with E-state index in [0.29, 0.717) is 35.6 Å². The summed E-state index contributed by atoms with van der Waals surface area (Å²) in [5.41, 5.74) is 7.70. The van der Waals surface area contributed by atoms with Gasteiger partial charge in [0.2, 0.25) is 10.0 Å². The first-order valence-electron chi connectivity index (χ1n) is 8.07. The van der Waals surface area contributed by atoms with E-state index in [0.717, 1.165) is 0 Å². The van der Waals surface area contributed by atoms with Crippen LogP contribution in [0.3, 0.4) is 0 Å². The van der Waals surface area contributed by atoms with Gasteiger partial charge in [0.1, 0.15) is 0 Å². The Morgan fingerprint density at radius 1 is 1.08 bits per heavy atom. The van der Waals surface area contributed by atoms with E-state index in [9.17, 15) is 13.2 Å². The minimum absolute atomic E-state index is 0.200. The summed E-state index contributed by atoms with van der Waals surface area (Å²) in [7, 11) is -3.59. The van der Waals surface area contributed by atoms with Crippen LogP contribution in [-0.2, 0) is 10.0 Å². The van der Waals surface area contributed by atoms with E-state index in [-0.39, 0.29) is 10.8 Å². The van der Waals surface area contributed by atoms with Crippen LogP contribution in [0.25, 0.3) is 0 Å². The maximum atomic E-state index is 12.8. The van der Waals surface area contributed by atoms with Crippen molar-refractivity contribution >= 4 is 27.3 Å². The van der Waals surface area contributed by atoms with Gasteiger partial charge in [-0.05, 0) is 48.9 Å². The summed E-state index contributed by atoms with van der Waals surface area (Å²) in [4.78, 5) is 12.5. The van der Waals surface area contributed by atoms with Crippen molar-refractivity contribution in [3.05, 3.63) is 53.6 Å². The lowest BCUT2D eigenvalue weighted by atomic mass is 10.2. The topological polar surface area (TPSA) is 92.5 Å². The van der Waals surface area contributed by atoms with Crippen LogP contribution < -0.4 is 11.1 Å². The predicted octanol–water partition coefficient (Wildman–Crippen LogP) is 2.86. The zero-order valence-corrected chi connectivity index (χ0v) is 15.4. The number of hydrogen-bond acceptors (Lipinski definition) is 4. The van der Waals surface area contributed by atoms with Crippen LogP contribution in [0.1, 0.15) is 29.8 Å². The number of rotatable bonds is 6. The largest absolute Gasteiger partial charge is 0.399 e. The number of benzene rings is 2. The number of nitrogen functional groups attached to an aromatic ring is 1. The second-order valence-electron chi connectivity index (χ2n) is 5.65. The molecule has 1 amide bonds. The van der Waals surface area contributed by atoms with Gasteiger partial charge >= 0.3 is 0 Å². The SMILES string of the molecule is CCN(CC)S(=O)(=O)c1cc(NC(=O)c2ccc(N)cc2)ccc1C. The molecule has 0 heterocycles. The van der Waals surface area contributed by atoms with Gasteiger partial charge in [-0.25, -0.2) is 8.42 Å². The standard InChI is InChI=1S/C18H23N3O3S/c1-4-21(5-2)25(23,24)17-12-16(11-6-13(17)3)20-18(22)14-7-9-15(19)10-8-14/h6-12H,4-5,19H2,1-3H3,(H,20,22). The number of carbonyl (C=O) groups excluding carboxylic acids is 1. The van der Waals surface area contributed by atoms with Crippen LogP contribution in [0.2, 0.25) is 0 Å². The molecule has 0 aliphatic carbocycles. The van der Waals surface area contributed by atoms with Gasteiger partial charge in [-0.2, -0.15) is 4.31 Å². The van der Waals surface area contributed by atoms with E-state index in [2.05, 4.69) is 5.32 Å². The first-order valence-corrected chi connectivity index (χ1v) is 9.51. The molecule has 0 spiro atoms. The molecule has 2 rings (SSSR count). The second kappa shape index (κ2) is 7.67. The number of carbonyl (C=O) groups is 1. The lowest BCUT2D eigenvalue weighted by Crippen LogP contribution is -2.31. The highest BCUT2D eigenvalue weighted by molar-refractivity contribution is 7.89. The zero-order valence-electron chi connectivity index (χ0n) is 14.6. The Balaban J connectivity index is 2.33. The Morgan fingerprint density at radius 3 is 2.24 bits per heavy atom. The molecule has 0 atom stereocenters. The van der Waals surface area contributed by atoms with E-state index in [1.54, 1.807) is 57.2 Å². The molecule has 2 aromatic carbocycles. The molecule has 0 aliphatic rings. The summed E-state index contributed by atoms with van der Waals surface area (Å²) >= 11 is 0. The minimum atomic E-state index is -3.59. The van der Waals surface area contributed by atoms with Gasteiger partial charge in [-0.15, -0.1) is 0 Å². The van der Waals surface area contributed by atoms with Gasteiger partial charge in [0.15, 0.2) is 0 Å². The van der Waals surface area contributed by atoms with Crippen molar-refractivity contribution < 1.29 is 13.2 Å². The zero-order chi connectivity index (χ0) is 18.6. The number of nitrogens with two attached hydrogens (primary N) is 1. The maximum Gasteiger partial charge on any atom is 0.255 e. The molecule has 0 saturated carbocycles. The molecular formula is C18H23N3O3S. The summed E-state index contributed by atoms with van der Waals surface area (Å²) in [5.74, 6) is -0.324. The van der Waals surface area contributed by atoms with Crippen molar-refractivity contribution in [3.8, 4) is 0 Å². The Kier molecular flexibility index (Phi) is 5.81. The summed E-state index contributed by atoms with van der Waals surface area (Å²) < 4.78 is 26.9. The Morgan fingerprint density at radius 2 is 1.68 bits per heavy atom. The third kappa shape index (κ3) is 4.18. The fourth-order valence-corrected chi connectivity index (χ4v) is 4.20. The summed E-state index contributed by atoms with van der Waals surface area (Å²) in [6.07, 6.45) is 0. The monoisotopic (exact) mass is 361 g/mol. The van der Waals surface area contributed by atoms with Crippen LogP contribution in [0.5, 0.6) is 0 Å². The van der Waals surface area contributed by atoms with Crippen LogP contribution >= 0.6 is 0 Å². The highest BCUT2D eigenvalue weighted by Crippen LogP contribution is 2.24. The summed E-state index contributed by atoms with van der Waals surface area (Å²) in [5, 5.41) is 2.73. The highest BCUT2D eigenvalue weighted by atomic mass is 32.2. The fourth-order valence-electron chi connectivity index (χ4n) is 2.50. The fraction of sp³-hybridized carbons (Fsp3) is 0.278. The van der Waals surface area contributed by atoms with Crippen molar-refractivity contribution in [2.24, 2.45) is 0 Å². The van der Waals surface area contributed by atoms with Gasteiger partial charge < -0.3 is 11.1 Å². The van der Waals surface area contributed by atoms with Crippen LogP contribution in [0, 0.1) is 6.92 Å². The first-order chi connectivity index (χ1) is 11.8. The number of sulfonamides is 1. The number of nitrogens with zero attached hydrogens (tertiary/aromatic N) is 1. The Hall–Kier alpha value is -2.38. The smallest absolute Gasteiger partial charge is 0.255 e. The van der Waals surface area contributed by atoms with E-state index in [1.165, 1.54) is 10.4 Å². The lowest BCUT2D eigenvalue weighted by Gasteiger charge is -2.20. The van der Waals surface area contributed by atoms with Gasteiger partial charge in [0.05, 0.1) is 4.90 Å². The predicted molar refractivity (Wildman–Crippen MR) is 100 cm³/mol. The van der Waals surface area contributed by atoms with Gasteiger partial charge in [0, 0.05) is 30.0 Å². The number of hydrogen-bond donors (Lipinski definition) is 2. The molecular weight excluding hydrogens is 338 g/mol. The molecule has 0 aliphatic heterocycles. The number of nitrogens with one attached hydrogen (secondary N) is 1. The average Bonchev–Trinajstić information content (AvgIpc) is 2.57. The Bertz CT molecular complexity index is 858. The summed E-state index contributed by atoms with van der Waals surface area (Å²) in [6, 6.07) is 11.4. The maximum absolute atomic E-state index is 12.8. The van der Waals surface area contributed by atoms with E-state index in [4.69, 9.17) is 5.73 Å². The van der Waals surface area contributed by atoms with Gasteiger partial charge in [0.25, 0.3) is 5.91 Å². The molecule has 0 aromatic heterocycles. The second-order valence-corrected chi connectivity index (χ2v) is 7.55. The highest BCUT2D eigenvalue weighted by Gasteiger charge is 2.24. The first kappa shape index (κ1) is 19.0. The molecule has 7 heteroatoms. The van der Waals surface area contributed by atoms with Crippen molar-refractivity contribution in [1.29, 1.82) is 0 Å². The van der Waals surface area contributed by atoms with Crippen molar-refractivity contribution in [3.63, 3.8) is 0 Å². The van der Waals surface area contributed by atoms with Crippen molar-refractivity contribution in [2.45, 2.75) is 25.7 Å². The third-order valence-corrected chi connectivity index (χ3v) is 6.13. The van der Waals surface area contributed by atoms with Crippen LogP contribution in [0.4, 0.5) is 11.4 Å². The number of anilines is 2. The van der Waals surface area contributed by atoms with E-state index < -0.39 is 10.0 Å². The molecule has 25 heavy (non-hydrogen) atoms. The average molecular weight is 361 g/mol. The molecule has 0 fully saturated rings. The molecule has 0 bridgehead atoms. The minimum Gasteiger partial charge on any atom is -0.399 e. The molecule has 134 valence electrons. The van der Waals surface area contributed by atoms with Crippen LogP contribution in [-0.4, -0.2) is 31.7 Å². The molecule has 0 saturated heterocycles. The van der Waals surface area contributed by atoms with Crippen molar-refractivity contribution in [2.75, 3.05) is 24.1 Å². The normalized spacial score (nSPS) is 11.5. The van der Waals surface area contributed by atoms with Gasteiger partial charge in [-0.1, -0.05) is 19.9 Å². The Labute approximate surface area is 148 Å².